The summed E-state index contributed by atoms with van der Waals surface area (Å²) in [6.45, 7) is 1.93. The van der Waals surface area contributed by atoms with Crippen molar-refractivity contribution in [1.82, 2.24) is 6.15 Å². The molecule has 0 aliphatic carbocycles. The van der Waals surface area contributed by atoms with Gasteiger partial charge in [-0.15, -0.1) is 0 Å². The maximum absolute atomic E-state index is 7.57. The zero-order chi connectivity index (χ0) is 2.71. The molecule has 4 N–H and O–H groups in total. The van der Waals surface area contributed by atoms with Crippen LogP contribution in [0.4, 0.5) is 0 Å². The van der Waals surface area contributed by atoms with Gasteiger partial charge in [-0.2, -0.15) is 0 Å². The van der Waals surface area contributed by atoms with Gasteiger partial charge < -0.3 is 11.3 Å². The van der Waals surface area contributed by atoms with Crippen LogP contribution < -0.4 is 6.15 Å². The molecule has 0 aliphatic rings. The first-order valence-corrected chi connectivity index (χ1v) is 1.02. The molecule has 0 unspecified atom stereocenters. The number of aliphatic hydroxyl groups is 1. The van der Waals surface area contributed by atoms with E-state index in [9.17, 15) is 0 Å². The van der Waals surface area contributed by atoms with Crippen LogP contribution in [0.15, 0.2) is 0 Å². The summed E-state index contributed by atoms with van der Waals surface area (Å²) in [5.74, 6) is 0. The fraction of sp³-hybridized carbons (Fsp3) is 1.00. The Labute approximate surface area is 42.4 Å². The first kappa shape index (κ1) is 18.1. The number of hydrogen-bond donors (Lipinski definition) is 2. The van der Waals surface area contributed by atoms with E-state index >= 15 is 0 Å². The normalized spacial score (nSPS) is 3.60. The monoisotopic (exact) mass is 122 g/mol. The predicted molar refractivity (Wildman–Crippen MR) is 17.8 cm³/mol. The van der Waals surface area contributed by atoms with Crippen LogP contribution in [0.2, 0.25) is 0 Å². The van der Waals surface area contributed by atoms with Gasteiger partial charge in [-0.3, -0.25) is 0 Å². The Morgan fingerprint density at radius 3 is 1.60 bits per heavy atom. The number of hydrogen-bond acceptors (Lipinski definition) is 2. The standard InChI is InChI=1S/C2H6O.Co.H3N/c1-2-3;;/h3H,2H2,1H3;;1H3. The molecule has 0 rings (SSSR count). The molecule has 0 saturated carbocycles. The third kappa shape index (κ3) is 143. The molecule has 0 aliphatic heterocycles. The fourth-order valence-corrected chi connectivity index (χ4v) is 0. The largest absolute Gasteiger partial charge is 0.397 e. The smallest absolute Gasteiger partial charge is 0.0402 e. The van der Waals surface area contributed by atoms with Gasteiger partial charge in [0, 0.05) is 23.4 Å². The Morgan fingerprint density at radius 1 is 1.60 bits per heavy atom. The average molecular weight is 122 g/mol. The molecule has 0 spiro atoms. The molecule has 0 aromatic carbocycles. The Balaban J connectivity index is -0.0000000200. The van der Waals surface area contributed by atoms with Crippen molar-refractivity contribution in [2.45, 2.75) is 6.92 Å². The second kappa shape index (κ2) is 25.5. The summed E-state index contributed by atoms with van der Waals surface area (Å²) in [4.78, 5) is 0. The van der Waals surface area contributed by atoms with Gasteiger partial charge in [0.25, 0.3) is 0 Å². The third-order valence-electron chi connectivity index (χ3n) is 0. The maximum Gasteiger partial charge on any atom is 0.0402 e. The van der Waals surface area contributed by atoms with Crippen molar-refractivity contribution < 1.29 is 21.9 Å². The van der Waals surface area contributed by atoms with Crippen LogP contribution in [0.5, 0.6) is 0 Å². The van der Waals surface area contributed by atoms with Crippen LogP contribution >= 0.6 is 0 Å². The van der Waals surface area contributed by atoms with E-state index in [0.717, 1.165) is 0 Å². The first-order valence-electron chi connectivity index (χ1n) is 1.02. The Bertz CT molecular complexity index is 9.61. The summed E-state index contributed by atoms with van der Waals surface area (Å²) in [6.07, 6.45) is 0. The van der Waals surface area contributed by atoms with E-state index in [1.54, 1.807) is 6.92 Å². The molecule has 0 atom stereocenters. The van der Waals surface area contributed by atoms with Crippen molar-refractivity contribution in [3.05, 3.63) is 0 Å². The maximum atomic E-state index is 7.57. The second-order valence-corrected chi connectivity index (χ2v) is 0.316. The molecule has 0 heterocycles. The predicted octanol–water partition coefficient (Wildman–Crippen LogP) is 0.158. The van der Waals surface area contributed by atoms with Gasteiger partial charge in [-0.25, -0.2) is 0 Å². The third-order valence-corrected chi connectivity index (χ3v) is 0. The van der Waals surface area contributed by atoms with Gasteiger partial charge in [0.2, 0.25) is 0 Å². The molecule has 3 heteroatoms. The fourth-order valence-electron chi connectivity index (χ4n) is 0. The van der Waals surface area contributed by atoms with Gasteiger partial charge in [-0.1, -0.05) is 0 Å². The SMILES string of the molecule is CCO.N.[Co]. The van der Waals surface area contributed by atoms with E-state index in [1.165, 1.54) is 0 Å². The number of rotatable bonds is 0. The minimum atomic E-state index is 0. The minimum Gasteiger partial charge on any atom is -0.397 e. The minimum absolute atomic E-state index is 0. The van der Waals surface area contributed by atoms with Crippen molar-refractivity contribution in [3.8, 4) is 0 Å². The van der Waals surface area contributed by atoms with Gasteiger partial charge >= 0.3 is 0 Å². The van der Waals surface area contributed by atoms with Gasteiger partial charge in [0.05, 0.1) is 0 Å². The van der Waals surface area contributed by atoms with E-state index < -0.39 is 0 Å². The topological polar surface area (TPSA) is 55.2 Å². The van der Waals surface area contributed by atoms with E-state index in [1.807, 2.05) is 0 Å². The van der Waals surface area contributed by atoms with Crippen LogP contribution in [-0.2, 0) is 16.8 Å². The van der Waals surface area contributed by atoms with Crippen LogP contribution in [0.25, 0.3) is 0 Å². The summed E-state index contributed by atoms with van der Waals surface area (Å²) >= 11 is 0. The van der Waals surface area contributed by atoms with E-state index in [0.29, 0.717) is 0 Å². The quantitative estimate of drug-likeness (QED) is 0.480. The average Bonchev–Trinajstić information content (AvgIpc) is 0.918. The summed E-state index contributed by atoms with van der Waals surface area (Å²) in [5, 5.41) is 7.57. The molecule has 0 saturated heterocycles. The molecule has 0 aromatic rings. The van der Waals surface area contributed by atoms with Crippen molar-refractivity contribution in [2.24, 2.45) is 0 Å². The Morgan fingerprint density at radius 2 is 1.60 bits per heavy atom. The van der Waals surface area contributed by atoms with Crippen LogP contribution in [0.1, 0.15) is 6.92 Å². The van der Waals surface area contributed by atoms with E-state index in [-0.39, 0.29) is 29.5 Å². The Kier molecular flexibility index (Phi) is 92.2. The second-order valence-electron chi connectivity index (χ2n) is 0.316. The summed E-state index contributed by atoms with van der Waals surface area (Å²) < 4.78 is 0. The number of aliphatic hydroxyl groups excluding tert-OH is 1. The van der Waals surface area contributed by atoms with Crippen molar-refractivity contribution in [1.29, 1.82) is 0 Å². The summed E-state index contributed by atoms with van der Waals surface area (Å²) in [5.41, 5.74) is 0. The van der Waals surface area contributed by atoms with Crippen LogP contribution in [0, 0.1) is 0 Å². The zero-order valence-corrected chi connectivity index (χ0v) is 4.24. The molecule has 0 amide bonds. The van der Waals surface area contributed by atoms with Gasteiger partial charge in [-0.05, 0) is 6.92 Å². The molecule has 37 valence electrons. The van der Waals surface area contributed by atoms with Crippen LogP contribution in [-0.4, -0.2) is 11.7 Å². The molecule has 0 fully saturated rings. The zero-order valence-electron chi connectivity index (χ0n) is 3.19. The van der Waals surface area contributed by atoms with E-state index in [4.69, 9.17) is 5.11 Å². The first-order chi connectivity index (χ1) is 1.41. The molecule has 5 heavy (non-hydrogen) atoms. The molecule has 1 radical (unpaired) electrons. The van der Waals surface area contributed by atoms with Crippen LogP contribution in [0.3, 0.4) is 0 Å². The molecular formula is C2H9CoNO. The Hall–Kier alpha value is 0.426. The van der Waals surface area contributed by atoms with Crippen molar-refractivity contribution >= 4 is 0 Å². The molecule has 2 nitrogen and oxygen atoms in total. The van der Waals surface area contributed by atoms with Gasteiger partial charge in [0.15, 0.2) is 0 Å². The summed E-state index contributed by atoms with van der Waals surface area (Å²) in [6, 6.07) is 0. The van der Waals surface area contributed by atoms with E-state index in [2.05, 4.69) is 0 Å². The molecular weight excluding hydrogens is 113 g/mol. The molecule has 0 bridgehead atoms. The molecule has 0 aromatic heterocycles. The van der Waals surface area contributed by atoms with Crippen molar-refractivity contribution in [2.75, 3.05) is 6.61 Å². The van der Waals surface area contributed by atoms with Crippen molar-refractivity contribution in [3.63, 3.8) is 0 Å². The van der Waals surface area contributed by atoms with Gasteiger partial charge in [0.1, 0.15) is 0 Å². The summed E-state index contributed by atoms with van der Waals surface area (Å²) in [7, 11) is 0.